The maximum atomic E-state index is 12.9. The quantitative estimate of drug-likeness (QED) is 0.718. The largest absolute Gasteiger partial charge is 0.496 e. The van der Waals surface area contributed by atoms with Crippen LogP contribution in [0.1, 0.15) is 29.5 Å². The predicted molar refractivity (Wildman–Crippen MR) is 95.1 cm³/mol. The number of hydrogen-bond acceptors (Lipinski definition) is 3. The second-order valence-corrected chi connectivity index (χ2v) is 5.97. The Balaban J connectivity index is 1.70. The van der Waals surface area contributed by atoms with Crippen molar-refractivity contribution in [3.63, 3.8) is 0 Å². The molecule has 0 saturated heterocycles. The Morgan fingerprint density at radius 2 is 1.88 bits per heavy atom. The third-order valence-electron chi connectivity index (χ3n) is 4.36. The molecule has 0 radical (unpaired) electrons. The highest BCUT2D eigenvalue weighted by atomic mass is 19.1. The van der Waals surface area contributed by atoms with Crippen LogP contribution in [-0.4, -0.2) is 13.7 Å². The summed E-state index contributed by atoms with van der Waals surface area (Å²) in [6.07, 6.45) is 5.27. The van der Waals surface area contributed by atoms with Gasteiger partial charge in [0.2, 0.25) is 0 Å². The van der Waals surface area contributed by atoms with Crippen molar-refractivity contribution in [3.8, 4) is 17.6 Å². The van der Waals surface area contributed by atoms with Crippen molar-refractivity contribution in [2.75, 3.05) is 13.7 Å². The average molecular weight is 337 g/mol. The van der Waals surface area contributed by atoms with Crippen LogP contribution in [-0.2, 0) is 12.8 Å². The lowest BCUT2D eigenvalue weighted by Crippen LogP contribution is -2.07. The van der Waals surface area contributed by atoms with Crippen LogP contribution in [0, 0.1) is 17.1 Å². The van der Waals surface area contributed by atoms with Crippen LogP contribution in [0.3, 0.4) is 0 Å². The summed E-state index contributed by atoms with van der Waals surface area (Å²) in [7, 11) is 1.64. The molecule has 0 bridgehead atoms. The van der Waals surface area contributed by atoms with E-state index in [0.29, 0.717) is 12.2 Å². The van der Waals surface area contributed by atoms with Crippen LogP contribution in [0.2, 0.25) is 0 Å². The molecule has 0 aliphatic heterocycles. The molecule has 0 heterocycles. The molecule has 2 aromatic rings. The first-order valence-corrected chi connectivity index (χ1v) is 8.40. The molecular weight excluding hydrogens is 317 g/mol. The lowest BCUT2D eigenvalue weighted by molar-refractivity contribution is 0.308. The van der Waals surface area contributed by atoms with E-state index in [1.807, 2.05) is 18.2 Å². The summed E-state index contributed by atoms with van der Waals surface area (Å²) in [6.45, 7) is 0.537. The smallest absolute Gasteiger partial charge is 0.128 e. The molecule has 0 amide bonds. The average Bonchev–Trinajstić information content (AvgIpc) is 2.66. The maximum Gasteiger partial charge on any atom is 0.128 e. The van der Waals surface area contributed by atoms with Crippen molar-refractivity contribution in [1.82, 2.24) is 0 Å². The van der Waals surface area contributed by atoms with Gasteiger partial charge in [0.1, 0.15) is 17.3 Å². The molecule has 0 aromatic heterocycles. The van der Waals surface area contributed by atoms with Crippen LogP contribution in [0.15, 0.2) is 42.5 Å². The number of ether oxygens (including phenoxy) is 2. The van der Waals surface area contributed by atoms with Gasteiger partial charge in [-0.3, -0.25) is 0 Å². The standard InChI is InChI=1S/C21H20FNO2/c1-24-19-11-12-20(21-16(14-23)5-2-6-18(19)21)25-13-3-4-15-7-9-17(22)10-8-15/h5,7-12H,2-4,6,13H2,1H3. The summed E-state index contributed by atoms with van der Waals surface area (Å²) >= 11 is 0. The minimum atomic E-state index is -0.222. The number of benzene rings is 2. The summed E-state index contributed by atoms with van der Waals surface area (Å²) in [5, 5.41) is 9.42. The fourth-order valence-electron chi connectivity index (χ4n) is 3.14. The van der Waals surface area contributed by atoms with E-state index in [-0.39, 0.29) is 5.82 Å². The third-order valence-corrected chi connectivity index (χ3v) is 4.36. The number of allylic oxidation sites excluding steroid dienone is 2. The highest BCUT2D eigenvalue weighted by molar-refractivity contribution is 5.84. The normalized spacial score (nSPS) is 12.8. The van der Waals surface area contributed by atoms with E-state index in [1.165, 1.54) is 12.1 Å². The molecule has 4 heteroatoms. The second-order valence-electron chi connectivity index (χ2n) is 5.97. The number of rotatable bonds is 6. The Morgan fingerprint density at radius 3 is 2.60 bits per heavy atom. The number of halogens is 1. The van der Waals surface area contributed by atoms with E-state index >= 15 is 0 Å². The third kappa shape index (κ3) is 3.83. The predicted octanol–water partition coefficient (Wildman–Crippen LogP) is 4.70. The number of aryl methyl sites for hydroxylation is 1. The summed E-state index contributed by atoms with van der Waals surface area (Å²) in [6, 6.07) is 12.6. The maximum absolute atomic E-state index is 12.9. The van der Waals surface area contributed by atoms with Gasteiger partial charge in [-0.05, 0) is 55.5 Å². The van der Waals surface area contributed by atoms with Gasteiger partial charge in [0.05, 0.1) is 25.4 Å². The second kappa shape index (κ2) is 7.85. The first-order chi connectivity index (χ1) is 12.2. The van der Waals surface area contributed by atoms with E-state index < -0.39 is 0 Å². The van der Waals surface area contributed by atoms with Crippen molar-refractivity contribution in [2.24, 2.45) is 0 Å². The summed E-state index contributed by atoms with van der Waals surface area (Å²) < 4.78 is 24.3. The van der Waals surface area contributed by atoms with E-state index in [0.717, 1.165) is 53.9 Å². The van der Waals surface area contributed by atoms with Crippen LogP contribution in [0.5, 0.6) is 11.5 Å². The van der Waals surface area contributed by atoms with Gasteiger partial charge in [0.15, 0.2) is 0 Å². The van der Waals surface area contributed by atoms with E-state index in [1.54, 1.807) is 19.2 Å². The molecule has 3 rings (SSSR count). The number of hydrogen-bond donors (Lipinski definition) is 0. The summed E-state index contributed by atoms with van der Waals surface area (Å²) in [5.41, 5.74) is 3.63. The first-order valence-electron chi connectivity index (χ1n) is 8.40. The van der Waals surface area contributed by atoms with Crippen molar-refractivity contribution >= 4 is 5.57 Å². The van der Waals surface area contributed by atoms with E-state index in [4.69, 9.17) is 9.47 Å². The molecule has 0 spiro atoms. The first kappa shape index (κ1) is 17.0. The van der Waals surface area contributed by atoms with Gasteiger partial charge in [-0.1, -0.05) is 18.2 Å². The SMILES string of the molecule is COc1ccc(OCCCc2ccc(F)cc2)c2c1CCC=C2C#N. The van der Waals surface area contributed by atoms with Crippen LogP contribution in [0.25, 0.3) is 5.57 Å². The summed E-state index contributed by atoms with van der Waals surface area (Å²) in [5.74, 6) is 1.30. The lowest BCUT2D eigenvalue weighted by Gasteiger charge is -2.20. The Hall–Kier alpha value is -2.80. The van der Waals surface area contributed by atoms with Gasteiger partial charge in [-0.2, -0.15) is 5.26 Å². The lowest BCUT2D eigenvalue weighted by atomic mass is 9.90. The molecule has 0 N–H and O–H groups in total. The molecule has 3 nitrogen and oxygen atoms in total. The van der Waals surface area contributed by atoms with E-state index in [9.17, 15) is 9.65 Å². The Morgan fingerprint density at radius 1 is 1.12 bits per heavy atom. The molecule has 0 fully saturated rings. The topological polar surface area (TPSA) is 42.2 Å². The Bertz CT molecular complexity index is 819. The molecule has 0 atom stereocenters. The minimum Gasteiger partial charge on any atom is -0.496 e. The highest BCUT2D eigenvalue weighted by Crippen LogP contribution is 2.39. The van der Waals surface area contributed by atoms with Crippen molar-refractivity contribution in [1.29, 1.82) is 5.26 Å². The fraction of sp³-hybridized carbons (Fsp3) is 0.286. The number of methoxy groups -OCH3 is 1. The van der Waals surface area contributed by atoms with Gasteiger partial charge in [-0.25, -0.2) is 4.39 Å². The number of nitriles is 1. The van der Waals surface area contributed by atoms with Crippen molar-refractivity contribution in [2.45, 2.75) is 25.7 Å². The molecule has 1 aliphatic carbocycles. The van der Waals surface area contributed by atoms with Crippen LogP contribution in [0.4, 0.5) is 4.39 Å². The van der Waals surface area contributed by atoms with Crippen LogP contribution < -0.4 is 9.47 Å². The highest BCUT2D eigenvalue weighted by Gasteiger charge is 2.21. The van der Waals surface area contributed by atoms with Gasteiger partial charge in [0.25, 0.3) is 0 Å². The number of fused-ring (bicyclic) bond motifs is 1. The van der Waals surface area contributed by atoms with Gasteiger partial charge in [-0.15, -0.1) is 0 Å². The zero-order chi connectivity index (χ0) is 17.6. The van der Waals surface area contributed by atoms with Gasteiger partial charge < -0.3 is 9.47 Å². The number of nitrogens with zero attached hydrogens (tertiary/aromatic N) is 1. The van der Waals surface area contributed by atoms with E-state index in [2.05, 4.69) is 6.07 Å². The Labute approximate surface area is 147 Å². The van der Waals surface area contributed by atoms with Crippen LogP contribution >= 0.6 is 0 Å². The van der Waals surface area contributed by atoms with Gasteiger partial charge in [0, 0.05) is 11.1 Å². The summed E-state index contributed by atoms with van der Waals surface area (Å²) in [4.78, 5) is 0. The molecule has 0 saturated carbocycles. The fourth-order valence-corrected chi connectivity index (χ4v) is 3.14. The molecule has 25 heavy (non-hydrogen) atoms. The zero-order valence-electron chi connectivity index (χ0n) is 14.2. The molecule has 128 valence electrons. The molecule has 0 unspecified atom stereocenters. The minimum absolute atomic E-state index is 0.222. The molecule has 1 aliphatic rings. The molecule has 2 aromatic carbocycles. The Kier molecular flexibility index (Phi) is 5.35. The zero-order valence-corrected chi connectivity index (χ0v) is 14.2. The monoisotopic (exact) mass is 337 g/mol. The van der Waals surface area contributed by atoms with Crippen molar-refractivity contribution in [3.05, 3.63) is 65.0 Å². The molecular formula is C21H20FNO2. The van der Waals surface area contributed by atoms with Gasteiger partial charge >= 0.3 is 0 Å². The van der Waals surface area contributed by atoms with Crippen molar-refractivity contribution < 1.29 is 13.9 Å².